The third-order valence-electron chi connectivity index (χ3n) is 3.68. The molecule has 1 saturated heterocycles. The molecular formula is C15H23FN2. The molecule has 1 atom stereocenters. The highest BCUT2D eigenvalue weighted by molar-refractivity contribution is 5.20. The Kier molecular flexibility index (Phi) is 5.14. The van der Waals surface area contributed by atoms with Crippen molar-refractivity contribution < 1.29 is 4.39 Å². The van der Waals surface area contributed by atoms with Gasteiger partial charge in [0.1, 0.15) is 5.82 Å². The molecule has 0 amide bonds. The summed E-state index contributed by atoms with van der Waals surface area (Å²) in [5.41, 5.74) is 1.26. The maximum absolute atomic E-state index is 13.0. The van der Waals surface area contributed by atoms with Crippen LogP contribution in [0.3, 0.4) is 0 Å². The van der Waals surface area contributed by atoms with Gasteiger partial charge in [-0.25, -0.2) is 4.39 Å². The lowest BCUT2D eigenvalue weighted by molar-refractivity contribution is 0.163. The molecule has 1 fully saturated rings. The number of rotatable bonds is 5. The largest absolute Gasteiger partial charge is 0.314 e. The summed E-state index contributed by atoms with van der Waals surface area (Å²) in [4.78, 5) is 2.53. The summed E-state index contributed by atoms with van der Waals surface area (Å²) in [6.07, 6.45) is 3.61. The summed E-state index contributed by atoms with van der Waals surface area (Å²) in [6, 6.07) is 7.50. The Morgan fingerprint density at radius 1 is 1.22 bits per heavy atom. The summed E-state index contributed by atoms with van der Waals surface area (Å²) >= 11 is 0. The average molecular weight is 250 g/mol. The van der Waals surface area contributed by atoms with E-state index >= 15 is 0 Å². The van der Waals surface area contributed by atoms with Crippen LogP contribution >= 0.6 is 0 Å². The zero-order valence-electron chi connectivity index (χ0n) is 11.2. The van der Waals surface area contributed by atoms with Crippen LogP contribution in [0.25, 0.3) is 0 Å². The highest BCUT2D eigenvalue weighted by Crippen LogP contribution is 2.26. The summed E-state index contributed by atoms with van der Waals surface area (Å²) in [7, 11) is 0. The maximum Gasteiger partial charge on any atom is 0.123 e. The number of nitrogens with zero attached hydrogens (tertiary/aromatic N) is 1. The molecule has 2 rings (SSSR count). The second kappa shape index (κ2) is 6.86. The molecule has 0 aromatic heterocycles. The van der Waals surface area contributed by atoms with Crippen molar-refractivity contribution in [2.45, 2.75) is 32.2 Å². The van der Waals surface area contributed by atoms with Gasteiger partial charge in [-0.15, -0.1) is 0 Å². The van der Waals surface area contributed by atoms with Crippen LogP contribution in [0.15, 0.2) is 24.3 Å². The van der Waals surface area contributed by atoms with Gasteiger partial charge in [0.2, 0.25) is 0 Å². The Labute approximate surface area is 109 Å². The first kappa shape index (κ1) is 13.5. The van der Waals surface area contributed by atoms with E-state index in [-0.39, 0.29) is 5.82 Å². The smallest absolute Gasteiger partial charge is 0.123 e. The molecule has 18 heavy (non-hydrogen) atoms. The van der Waals surface area contributed by atoms with Gasteiger partial charge in [0.25, 0.3) is 0 Å². The zero-order valence-corrected chi connectivity index (χ0v) is 11.2. The van der Waals surface area contributed by atoms with Crippen LogP contribution in [0.1, 0.15) is 37.8 Å². The van der Waals surface area contributed by atoms with E-state index in [0.29, 0.717) is 6.04 Å². The van der Waals surface area contributed by atoms with Crippen molar-refractivity contribution >= 4 is 0 Å². The van der Waals surface area contributed by atoms with Crippen LogP contribution < -0.4 is 5.32 Å². The predicted octanol–water partition coefficient (Wildman–Crippen LogP) is 2.96. The molecule has 1 heterocycles. The van der Waals surface area contributed by atoms with Gasteiger partial charge < -0.3 is 5.32 Å². The van der Waals surface area contributed by atoms with E-state index in [9.17, 15) is 4.39 Å². The van der Waals surface area contributed by atoms with Gasteiger partial charge in [-0.3, -0.25) is 4.90 Å². The summed E-state index contributed by atoms with van der Waals surface area (Å²) in [5, 5.41) is 3.38. The van der Waals surface area contributed by atoms with Crippen LogP contribution in [0.5, 0.6) is 0 Å². The molecule has 1 aliphatic rings. The number of hydrogen-bond donors (Lipinski definition) is 1. The Balaban J connectivity index is 2.10. The fourth-order valence-corrected chi connectivity index (χ4v) is 2.64. The molecule has 0 spiro atoms. The Morgan fingerprint density at radius 2 is 1.89 bits per heavy atom. The van der Waals surface area contributed by atoms with Crippen LogP contribution in [0.2, 0.25) is 0 Å². The fraction of sp³-hybridized carbons (Fsp3) is 0.600. The van der Waals surface area contributed by atoms with Crippen molar-refractivity contribution in [1.82, 2.24) is 10.2 Å². The van der Waals surface area contributed by atoms with Crippen LogP contribution in [-0.4, -0.2) is 31.1 Å². The van der Waals surface area contributed by atoms with E-state index in [1.165, 1.54) is 24.8 Å². The number of nitrogens with one attached hydrogen (secondary N) is 1. The third-order valence-corrected chi connectivity index (χ3v) is 3.68. The van der Waals surface area contributed by atoms with Crippen molar-refractivity contribution in [2.75, 3.05) is 26.2 Å². The lowest BCUT2D eigenvalue weighted by atomic mass is 9.99. The zero-order chi connectivity index (χ0) is 12.8. The van der Waals surface area contributed by atoms with Gasteiger partial charge >= 0.3 is 0 Å². The van der Waals surface area contributed by atoms with Crippen LogP contribution in [0, 0.1) is 5.82 Å². The van der Waals surface area contributed by atoms with Crippen molar-refractivity contribution in [3.8, 4) is 0 Å². The van der Waals surface area contributed by atoms with Crippen LogP contribution in [0.4, 0.5) is 4.39 Å². The van der Waals surface area contributed by atoms with Gasteiger partial charge in [-0.05, 0) is 24.1 Å². The van der Waals surface area contributed by atoms with Gasteiger partial charge in [0.15, 0.2) is 0 Å². The van der Waals surface area contributed by atoms with Crippen molar-refractivity contribution in [3.63, 3.8) is 0 Å². The number of unbranched alkanes of at least 4 members (excludes halogenated alkanes) is 1. The molecule has 0 radical (unpaired) electrons. The molecule has 100 valence electrons. The van der Waals surface area contributed by atoms with Crippen molar-refractivity contribution in [2.24, 2.45) is 0 Å². The first-order chi connectivity index (χ1) is 8.81. The summed E-state index contributed by atoms with van der Waals surface area (Å²) in [5.74, 6) is -0.145. The average Bonchev–Trinajstić information content (AvgIpc) is 2.42. The second-order valence-corrected chi connectivity index (χ2v) is 5.00. The number of benzene rings is 1. The monoisotopic (exact) mass is 250 g/mol. The second-order valence-electron chi connectivity index (χ2n) is 5.00. The lowest BCUT2D eigenvalue weighted by Gasteiger charge is -2.35. The number of halogens is 1. The molecule has 1 aromatic carbocycles. The third kappa shape index (κ3) is 3.53. The summed E-state index contributed by atoms with van der Waals surface area (Å²) < 4.78 is 13.0. The van der Waals surface area contributed by atoms with E-state index in [0.717, 1.165) is 26.2 Å². The molecule has 1 aliphatic heterocycles. The van der Waals surface area contributed by atoms with Crippen molar-refractivity contribution in [1.29, 1.82) is 0 Å². The molecule has 0 saturated carbocycles. The quantitative estimate of drug-likeness (QED) is 0.864. The fourth-order valence-electron chi connectivity index (χ4n) is 2.64. The van der Waals surface area contributed by atoms with E-state index < -0.39 is 0 Å². The number of piperazine rings is 1. The SMILES string of the molecule is CCCC[C@@H](c1ccc(F)cc1)N1CCNCC1. The van der Waals surface area contributed by atoms with E-state index in [4.69, 9.17) is 0 Å². The minimum Gasteiger partial charge on any atom is -0.314 e. The van der Waals surface area contributed by atoms with Gasteiger partial charge in [0, 0.05) is 32.2 Å². The molecule has 2 nitrogen and oxygen atoms in total. The summed E-state index contributed by atoms with van der Waals surface area (Å²) in [6.45, 7) is 6.52. The Morgan fingerprint density at radius 3 is 2.50 bits per heavy atom. The van der Waals surface area contributed by atoms with E-state index in [1.54, 1.807) is 12.1 Å². The lowest BCUT2D eigenvalue weighted by Crippen LogP contribution is -2.45. The van der Waals surface area contributed by atoms with E-state index in [1.807, 2.05) is 12.1 Å². The molecular weight excluding hydrogens is 227 g/mol. The first-order valence-corrected chi connectivity index (χ1v) is 7.01. The predicted molar refractivity (Wildman–Crippen MR) is 73.1 cm³/mol. The number of hydrogen-bond acceptors (Lipinski definition) is 2. The minimum atomic E-state index is -0.145. The van der Waals surface area contributed by atoms with E-state index in [2.05, 4.69) is 17.1 Å². The molecule has 0 bridgehead atoms. The minimum absolute atomic E-state index is 0.145. The maximum atomic E-state index is 13.0. The molecule has 1 aromatic rings. The molecule has 3 heteroatoms. The highest BCUT2D eigenvalue weighted by atomic mass is 19.1. The normalized spacial score (nSPS) is 18.8. The first-order valence-electron chi connectivity index (χ1n) is 7.01. The van der Waals surface area contributed by atoms with Crippen LogP contribution in [-0.2, 0) is 0 Å². The van der Waals surface area contributed by atoms with Gasteiger partial charge in [0.05, 0.1) is 0 Å². The topological polar surface area (TPSA) is 15.3 Å². The molecule has 0 aliphatic carbocycles. The molecule has 1 N–H and O–H groups in total. The Hall–Kier alpha value is -0.930. The standard InChI is InChI=1S/C15H23FN2/c1-2-3-4-15(18-11-9-17-10-12-18)13-5-7-14(16)8-6-13/h5-8,15,17H,2-4,9-12H2,1H3/t15-/m0/s1. The van der Waals surface area contributed by atoms with Gasteiger partial charge in [-0.1, -0.05) is 31.9 Å². The van der Waals surface area contributed by atoms with Gasteiger partial charge in [-0.2, -0.15) is 0 Å². The van der Waals surface area contributed by atoms with Crippen molar-refractivity contribution in [3.05, 3.63) is 35.6 Å². The highest BCUT2D eigenvalue weighted by Gasteiger charge is 2.21. The molecule has 0 unspecified atom stereocenters. The Bertz CT molecular complexity index is 344.